The zero-order chi connectivity index (χ0) is 39.1. The lowest BCUT2D eigenvalue weighted by atomic mass is 9.94. The number of amides is 7. The van der Waals surface area contributed by atoms with Crippen LogP contribution >= 0.6 is 0 Å². The van der Waals surface area contributed by atoms with Crippen LogP contribution in [0.15, 0.2) is 24.3 Å². The van der Waals surface area contributed by atoms with Crippen LogP contribution in [-0.2, 0) is 40.1 Å². The monoisotopic (exact) mass is 719 g/mol. The van der Waals surface area contributed by atoms with Gasteiger partial charge in [0.2, 0.25) is 29.5 Å². The van der Waals surface area contributed by atoms with Crippen LogP contribution in [-0.4, -0.2) is 78.7 Å². The largest absolute Gasteiger partial charge is 0.461 e. The van der Waals surface area contributed by atoms with Gasteiger partial charge in [0.25, 0.3) is 0 Å². The maximum absolute atomic E-state index is 12.7. The normalized spacial score (nSPS) is 14.7. The van der Waals surface area contributed by atoms with Crippen molar-refractivity contribution in [2.45, 2.75) is 100 Å². The summed E-state index contributed by atoms with van der Waals surface area (Å²) in [6.45, 7) is 15.8. The fourth-order valence-electron chi connectivity index (χ4n) is 4.38. The van der Waals surface area contributed by atoms with E-state index in [2.05, 4.69) is 28.2 Å². The van der Waals surface area contributed by atoms with Crippen LogP contribution in [0.2, 0.25) is 0 Å². The number of carbonyl (C=O) groups is 7. The van der Waals surface area contributed by atoms with E-state index in [4.69, 9.17) is 16.2 Å². The Morgan fingerprint density at radius 3 is 1.98 bits per heavy atom. The molecule has 0 aromatic heterocycles. The molecule has 0 bridgehead atoms. The van der Waals surface area contributed by atoms with Crippen LogP contribution in [0, 0.1) is 23.7 Å². The summed E-state index contributed by atoms with van der Waals surface area (Å²) in [5.74, 6) is -3.67. The molecule has 2 rings (SSSR count). The predicted molar refractivity (Wildman–Crippen MR) is 196 cm³/mol. The number of rotatable bonds is 17. The SMILES string of the molecule is CCC(C)C(=O)OCc1ccc(NC(=O)CNC(=O)C(NC(=O)CN2C(=O)CC(C(C)C)C2=O)C(C)C)cc1.CCCCN.CCCNC(N)=O. The Morgan fingerprint density at radius 1 is 0.922 bits per heavy atom. The maximum atomic E-state index is 12.7. The number of hydrogen-bond donors (Lipinski definition) is 6. The molecule has 8 N–H and O–H groups in total. The zero-order valence-electron chi connectivity index (χ0n) is 31.6. The molecule has 1 fully saturated rings. The van der Waals surface area contributed by atoms with Crippen LogP contribution in [0.5, 0.6) is 0 Å². The van der Waals surface area contributed by atoms with Gasteiger partial charge >= 0.3 is 12.0 Å². The lowest BCUT2D eigenvalue weighted by molar-refractivity contribution is -0.149. The molecule has 1 aliphatic rings. The number of anilines is 1. The molecule has 1 aromatic carbocycles. The minimum Gasteiger partial charge on any atom is -0.461 e. The summed E-state index contributed by atoms with van der Waals surface area (Å²) in [5.41, 5.74) is 11.1. The van der Waals surface area contributed by atoms with Crippen LogP contribution in [0.4, 0.5) is 10.5 Å². The van der Waals surface area contributed by atoms with Gasteiger partial charge in [-0.3, -0.25) is 33.7 Å². The molecule has 0 saturated carbocycles. The lowest BCUT2D eigenvalue weighted by Gasteiger charge is -2.23. The molecule has 0 spiro atoms. The van der Waals surface area contributed by atoms with Crippen LogP contribution in [0.3, 0.4) is 0 Å². The van der Waals surface area contributed by atoms with Gasteiger partial charge in [0.1, 0.15) is 19.2 Å². The number of nitrogens with two attached hydrogens (primary N) is 2. The molecular formula is C36H61N7O8. The number of likely N-dealkylation sites (tertiary alicyclic amines) is 1. The first-order valence-corrected chi connectivity index (χ1v) is 17.7. The van der Waals surface area contributed by atoms with Gasteiger partial charge in [-0.1, -0.05) is 73.9 Å². The summed E-state index contributed by atoms with van der Waals surface area (Å²) in [4.78, 5) is 85.0. The molecule has 1 saturated heterocycles. The highest BCUT2D eigenvalue weighted by molar-refractivity contribution is 6.06. The van der Waals surface area contributed by atoms with Gasteiger partial charge in [-0.2, -0.15) is 0 Å². The van der Waals surface area contributed by atoms with E-state index in [9.17, 15) is 33.6 Å². The van der Waals surface area contributed by atoms with Gasteiger partial charge < -0.3 is 37.5 Å². The Labute approximate surface area is 302 Å². The third-order valence-corrected chi connectivity index (χ3v) is 7.81. The van der Waals surface area contributed by atoms with Gasteiger partial charge in [0, 0.05) is 24.6 Å². The lowest BCUT2D eigenvalue weighted by Crippen LogP contribution is -2.53. The van der Waals surface area contributed by atoms with Crippen molar-refractivity contribution < 1.29 is 38.3 Å². The number of urea groups is 1. The van der Waals surface area contributed by atoms with Gasteiger partial charge in [-0.05, 0) is 55.3 Å². The predicted octanol–water partition coefficient (Wildman–Crippen LogP) is 2.81. The third-order valence-electron chi connectivity index (χ3n) is 7.81. The number of unbranched alkanes of at least 4 members (excludes halogenated alkanes) is 1. The smallest absolute Gasteiger partial charge is 0.312 e. The fraction of sp³-hybridized carbons (Fsp3) is 0.639. The molecule has 15 nitrogen and oxygen atoms in total. The number of nitrogens with one attached hydrogen (secondary N) is 4. The summed E-state index contributed by atoms with van der Waals surface area (Å²) < 4.78 is 5.26. The number of ether oxygens (including phenoxy) is 1. The summed E-state index contributed by atoms with van der Waals surface area (Å²) in [6, 6.07) is 5.36. The van der Waals surface area contributed by atoms with Crippen molar-refractivity contribution in [1.29, 1.82) is 0 Å². The summed E-state index contributed by atoms with van der Waals surface area (Å²) in [7, 11) is 0. The third kappa shape index (κ3) is 18.9. The first-order valence-electron chi connectivity index (χ1n) is 17.7. The molecule has 288 valence electrons. The molecule has 0 aliphatic carbocycles. The molecule has 3 atom stereocenters. The Morgan fingerprint density at radius 2 is 1.55 bits per heavy atom. The number of esters is 1. The Balaban J connectivity index is 0.00000178. The van der Waals surface area contributed by atoms with Crippen molar-refractivity contribution in [2.24, 2.45) is 35.1 Å². The molecule has 1 aliphatic heterocycles. The summed E-state index contributed by atoms with van der Waals surface area (Å²) in [6.07, 6.45) is 4.09. The number of benzene rings is 1. The minimum atomic E-state index is -0.962. The van der Waals surface area contributed by atoms with Crippen molar-refractivity contribution in [3.05, 3.63) is 29.8 Å². The first kappa shape index (κ1) is 46.5. The van der Waals surface area contributed by atoms with E-state index in [-0.39, 0.29) is 49.2 Å². The van der Waals surface area contributed by atoms with Gasteiger partial charge in [-0.25, -0.2) is 4.79 Å². The number of primary amides is 1. The summed E-state index contributed by atoms with van der Waals surface area (Å²) >= 11 is 0. The zero-order valence-corrected chi connectivity index (χ0v) is 31.6. The van der Waals surface area contributed by atoms with Crippen molar-refractivity contribution in [3.8, 4) is 0 Å². The molecule has 51 heavy (non-hydrogen) atoms. The second-order valence-electron chi connectivity index (χ2n) is 13.0. The Kier molecular flexibility index (Phi) is 23.2. The topological polar surface area (TPSA) is 232 Å². The summed E-state index contributed by atoms with van der Waals surface area (Å²) in [5, 5.41) is 10.2. The van der Waals surface area contributed by atoms with E-state index >= 15 is 0 Å². The molecule has 3 unspecified atom stereocenters. The fourth-order valence-corrected chi connectivity index (χ4v) is 4.38. The second-order valence-corrected chi connectivity index (χ2v) is 13.0. The second kappa shape index (κ2) is 25.4. The van der Waals surface area contributed by atoms with Gasteiger partial charge in [-0.15, -0.1) is 0 Å². The molecule has 15 heteroatoms. The molecule has 0 radical (unpaired) electrons. The van der Waals surface area contributed by atoms with Crippen molar-refractivity contribution >= 4 is 47.2 Å². The number of nitrogens with zero attached hydrogens (tertiary/aromatic N) is 1. The average molecular weight is 720 g/mol. The van der Waals surface area contributed by atoms with E-state index in [1.54, 1.807) is 45.0 Å². The average Bonchev–Trinajstić information content (AvgIpc) is 3.37. The van der Waals surface area contributed by atoms with E-state index in [1.165, 1.54) is 12.8 Å². The van der Waals surface area contributed by atoms with Crippen LogP contribution in [0.1, 0.15) is 93.1 Å². The van der Waals surface area contributed by atoms with E-state index in [0.717, 1.165) is 23.4 Å². The van der Waals surface area contributed by atoms with E-state index in [1.807, 2.05) is 27.7 Å². The van der Waals surface area contributed by atoms with Crippen molar-refractivity contribution in [2.75, 3.05) is 31.5 Å². The first-order chi connectivity index (χ1) is 24.0. The van der Waals surface area contributed by atoms with E-state index < -0.39 is 48.2 Å². The standard InChI is InChI=1S/C28H40N4O7.C4H10N2O.C4H11N/c1-7-18(6)28(38)39-15-19-8-10-20(11-9-19)30-22(33)13-29-26(36)25(17(4)5)31-23(34)14-32-24(35)12-21(16(2)3)27(32)37;1-2-3-6-4(5)7;1-2-3-4-5/h8-11,16-18,21,25H,7,12-15H2,1-6H3,(H,29,36)(H,30,33)(H,31,34);2-3H2,1H3,(H3,5,6,7);2-5H2,1H3. The highest BCUT2D eigenvalue weighted by Crippen LogP contribution is 2.26. The van der Waals surface area contributed by atoms with Crippen molar-refractivity contribution in [1.82, 2.24) is 20.9 Å². The van der Waals surface area contributed by atoms with Gasteiger partial charge in [0.05, 0.1) is 12.5 Å². The highest BCUT2D eigenvalue weighted by atomic mass is 16.5. The quantitative estimate of drug-likeness (QED) is 0.103. The van der Waals surface area contributed by atoms with E-state index in [0.29, 0.717) is 18.7 Å². The maximum Gasteiger partial charge on any atom is 0.312 e. The van der Waals surface area contributed by atoms with Gasteiger partial charge in [0.15, 0.2) is 0 Å². The minimum absolute atomic E-state index is 0.0213. The number of hydrogen-bond acceptors (Lipinski definition) is 9. The molecule has 1 heterocycles. The van der Waals surface area contributed by atoms with Crippen LogP contribution < -0.4 is 32.7 Å². The molecular weight excluding hydrogens is 658 g/mol. The molecule has 7 amide bonds. The molecule has 1 aromatic rings. The Bertz CT molecular complexity index is 1270. The Hall–Kier alpha value is -4.53. The number of imide groups is 1. The number of carbonyl (C=O) groups excluding carboxylic acids is 7. The van der Waals surface area contributed by atoms with Crippen molar-refractivity contribution in [3.63, 3.8) is 0 Å². The van der Waals surface area contributed by atoms with Crippen LogP contribution in [0.25, 0.3) is 0 Å². The highest BCUT2D eigenvalue weighted by Gasteiger charge is 2.41.